The first-order valence-electron chi connectivity index (χ1n) is 5.33. The highest BCUT2D eigenvalue weighted by atomic mass is 32.1. The van der Waals surface area contributed by atoms with Gasteiger partial charge in [0.25, 0.3) is 5.91 Å². The summed E-state index contributed by atoms with van der Waals surface area (Å²) in [6.07, 6.45) is -2.86. The lowest BCUT2D eigenvalue weighted by atomic mass is 10.1. The second-order valence-corrected chi connectivity index (χ2v) is 4.65. The lowest BCUT2D eigenvalue weighted by Crippen LogP contribution is -2.17. The van der Waals surface area contributed by atoms with Crippen LogP contribution < -0.4 is 5.73 Å². The van der Waals surface area contributed by atoms with Crippen LogP contribution in [0.4, 0.5) is 13.2 Å². The Morgan fingerprint density at radius 2 is 2.10 bits per heavy atom. The Labute approximate surface area is 115 Å². The highest BCUT2D eigenvalue weighted by molar-refractivity contribution is 7.12. The van der Waals surface area contributed by atoms with E-state index in [1.807, 2.05) is 0 Å². The van der Waals surface area contributed by atoms with Crippen LogP contribution in [0.2, 0.25) is 0 Å². The van der Waals surface area contributed by atoms with E-state index in [1.54, 1.807) is 17.5 Å². The summed E-state index contributed by atoms with van der Waals surface area (Å²) in [6.45, 7) is 0. The highest BCUT2D eigenvalue weighted by Crippen LogP contribution is 2.31. The number of pyridine rings is 1. The molecule has 2 heterocycles. The maximum atomic E-state index is 12.8. The zero-order valence-corrected chi connectivity index (χ0v) is 10.7. The molecule has 0 saturated carbocycles. The molecule has 0 atom stereocenters. The van der Waals surface area contributed by atoms with E-state index in [0.717, 1.165) is 18.5 Å². The average molecular weight is 299 g/mol. The quantitative estimate of drug-likeness (QED) is 0.685. The lowest BCUT2D eigenvalue weighted by molar-refractivity contribution is -0.138. The number of aromatic nitrogens is 1. The number of aliphatic imine (C=N–C) groups is 1. The number of thiophene rings is 1. The molecule has 104 valence electrons. The van der Waals surface area contributed by atoms with Crippen LogP contribution in [-0.4, -0.2) is 16.7 Å². The maximum Gasteiger partial charge on any atom is 0.417 e. The van der Waals surface area contributed by atoms with E-state index < -0.39 is 23.2 Å². The van der Waals surface area contributed by atoms with Crippen LogP contribution in [0.15, 0.2) is 41.0 Å². The van der Waals surface area contributed by atoms with E-state index in [0.29, 0.717) is 4.88 Å². The number of alkyl halides is 3. The van der Waals surface area contributed by atoms with Crippen molar-refractivity contribution in [3.05, 3.63) is 52.0 Å². The number of carbonyl (C=O) groups excluding carboxylic acids is 1. The summed E-state index contributed by atoms with van der Waals surface area (Å²) in [5.41, 5.74) is 3.87. The van der Waals surface area contributed by atoms with E-state index in [2.05, 4.69) is 9.98 Å². The second kappa shape index (κ2) is 5.41. The van der Waals surface area contributed by atoms with Crippen molar-refractivity contribution < 1.29 is 18.0 Å². The zero-order chi connectivity index (χ0) is 14.8. The third kappa shape index (κ3) is 3.02. The Hall–Kier alpha value is -2.22. The van der Waals surface area contributed by atoms with E-state index in [9.17, 15) is 18.0 Å². The summed E-state index contributed by atoms with van der Waals surface area (Å²) < 4.78 is 38.3. The summed E-state index contributed by atoms with van der Waals surface area (Å²) in [4.78, 5) is 19.3. The van der Waals surface area contributed by atoms with Gasteiger partial charge in [0.15, 0.2) is 0 Å². The van der Waals surface area contributed by atoms with Gasteiger partial charge in [-0.25, -0.2) is 0 Å². The first-order valence-corrected chi connectivity index (χ1v) is 6.21. The van der Waals surface area contributed by atoms with E-state index in [4.69, 9.17) is 5.73 Å². The van der Waals surface area contributed by atoms with Crippen molar-refractivity contribution in [2.75, 3.05) is 0 Å². The monoisotopic (exact) mass is 299 g/mol. The van der Waals surface area contributed by atoms with Gasteiger partial charge in [-0.05, 0) is 17.5 Å². The molecule has 20 heavy (non-hydrogen) atoms. The summed E-state index contributed by atoms with van der Waals surface area (Å²) >= 11 is 1.23. The van der Waals surface area contributed by atoms with Gasteiger partial charge in [-0.1, -0.05) is 6.07 Å². The van der Waals surface area contributed by atoms with Gasteiger partial charge < -0.3 is 5.73 Å². The molecule has 0 aliphatic heterocycles. The number of rotatable bonds is 2. The minimum atomic E-state index is -4.65. The lowest BCUT2D eigenvalue weighted by Gasteiger charge is -2.09. The molecule has 0 aliphatic carbocycles. The molecule has 0 saturated heterocycles. The highest BCUT2D eigenvalue weighted by Gasteiger charge is 2.35. The third-order valence-corrected chi connectivity index (χ3v) is 3.24. The Kier molecular flexibility index (Phi) is 3.84. The molecular weight excluding hydrogens is 291 g/mol. The largest absolute Gasteiger partial charge is 0.417 e. The van der Waals surface area contributed by atoms with Gasteiger partial charge in [0.05, 0.1) is 16.0 Å². The molecule has 8 heteroatoms. The fourth-order valence-corrected chi connectivity index (χ4v) is 2.09. The molecular formula is C12H8F3N3OS. The molecule has 0 fully saturated rings. The number of amides is 1. The Bertz CT molecular complexity index is 650. The first-order chi connectivity index (χ1) is 9.39. The standard InChI is InChI=1S/C12H8F3N3OS/c13-12(14,15)8-3-4-17-6-7(8)11(19)18-10(16)9-2-1-5-20-9/h1-6H,(H2,16,18,19). The van der Waals surface area contributed by atoms with Crippen LogP contribution in [0.5, 0.6) is 0 Å². The van der Waals surface area contributed by atoms with Crippen molar-refractivity contribution >= 4 is 23.1 Å². The number of carbonyl (C=O) groups is 1. The summed E-state index contributed by atoms with van der Waals surface area (Å²) in [5, 5.41) is 1.72. The summed E-state index contributed by atoms with van der Waals surface area (Å²) in [5.74, 6) is -1.20. The van der Waals surface area contributed by atoms with Crippen molar-refractivity contribution in [1.82, 2.24) is 4.98 Å². The first kappa shape index (κ1) is 14.2. The molecule has 1 amide bonds. The maximum absolute atomic E-state index is 12.8. The van der Waals surface area contributed by atoms with Crippen molar-refractivity contribution in [1.29, 1.82) is 0 Å². The molecule has 0 radical (unpaired) electrons. The number of amidine groups is 1. The van der Waals surface area contributed by atoms with E-state index in [-0.39, 0.29) is 5.84 Å². The average Bonchev–Trinajstić information content (AvgIpc) is 2.91. The zero-order valence-electron chi connectivity index (χ0n) is 9.89. The van der Waals surface area contributed by atoms with Crippen LogP contribution >= 0.6 is 11.3 Å². The number of hydrogen-bond acceptors (Lipinski definition) is 3. The summed E-state index contributed by atoms with van der Waals surface area (Å²) in [6, 6.07) is 4.03. The van der Waals surface area contributed by atoms with Gasteiger partial charge in [-0.15, -0.1) is 11.3 Å². The van der Waals surface area contributed by atoms with E-state index >= 15 is 0 Å². The predicted molar refractivity (Wildman–Crippen MR) is 68.6 cm³/mol. The van der Waals surface area contributed by atoms with Crippen molar-refractivity contribution in [2.24, 2.45) is 10.7 Å². The van der Waals surface area contributed by atoms with Gasteiger partial charge >= 0.3 is 6.18 Å². The molecule has 0 bridgehead atoms. The second-order valence-electron chi connectivity index (χ2n) is 3.70. The Morgan fingerprint density at radius 3 is 2.70 bits per heavy atom. The summed E-state index contributed by atoms with van der Waals surface area (Å²) in [7, 11) is 0. The van der Waals surface area contributed by atoms with Crippen molar-refractivity contribution in [2.45, 2.75) is 6.18 Å². The Balaban J connectivity index is 2.38. The van der Waals surface area contributed by atoms with Gasteiger partial charge in [-0.2, -0.15) is 18.2 Å². The van der Waals surface area contributed by atoms with Crippen LogP contribution in [0.25, 0.3) is 0 Å². The van der Waals surface area contributed by atoms with Crippen LogP contribution in [0.1, 0.15) is 20.8 Å². The normalized spacial score (nSPS) is 12.4. The number of hydrogen-bond donors (Lipinski definition) is 1. The van der Waals surface area contributed by atoms with Crippen molar-refractivity contribution in [3.63, 3.8) is 0 Å². The molecule has 0 aromatic carbocycles. The van der Waals surface area contributed by atoms with Crippen LogP contribution in [0, 0.1) is 0 Å². The fraction of sp³-hybridized carbons (Fsp3) is 0.0833. The van der Waals surface area contributed by atoms with E-state index in [1.165, 1.54) is 11.3 Å². The third-order valence-electron chi connectivity index (χ3n) is 2.35. The molecule has 0 unspecified atom stereocenters. The molecule has 2 aromatic rings. The van der Waals surface area contributed by atoms with Gasteiger partial charge in [-0.3, -0.25) is 9.78 Å². The molecule has 2 aromatic heterocycles. The van der Waals surface area contributed by atoms with Gasteiger partial charge in [0.2, 0.25) is 0 Å². The molecule has 4 nitrogen and oxygen atoms in total. The smallest absolute Gasteiger partial charge is 0.382 e. The number of nitrogens with zero attached hydrogens (tertiary/aromatic N) is 2. The molecule has 2 N–H and O–H groups in total. The number of nitrogens with two attached hydrogens (primary N) is 1. The van der Waals surface area contributed by atoms with Gasteiger partial charge in [0.1, 0.15) is 5.84 Å². The molecule has 0 aliphatic rings. The molecule has 0 spiro atoms. The molecule has 2 rings (SSSR count). The van der Waals surface area contributed by atoms with Crippen molar-refractivity contribution in [3.8, 4) is 0 Å². The van der Waals surface area contributed by atoms with Gasteiger partial charge in [0, 0.05) is 12.4 Å². The minimum Gasteiger partial charge on any atom is -0.382 e. The number of halogens is 3. The van der Waals surface area contributed by atoms with Crippen LogP contribution in [-0.2, 0) is 6.18 Å². The predicted octanol–water partition coefficient (Wildman–Crippen LogP) is 2.71. The Morgan fingerprint density at radius 1 is 1.35 bits per heavy atom. The minimum absolute atomic E-state index is 0.123. The SMILES string of the molecule is NC(=NC(=O)c1cnccc1C(F)(F)F)c1cccs1. The fourth-order valence-electron chi connectivity index (χ4n) is 1.46. The topological polar surface area (TPSA) is 68.3 Å². The van der Waals surface area contributed by atoms with Crippen LogP contribution in [0.3, 0.4) is 0 Å².